The van der Waals surface area contributed by atoms with Crippen LogP contribution < -0.4 is 0 Å². The van der Waals surface area contributed by atoms with Gasteiger partial charge in [0.25, 0.3) is 0 Å². The van der Waals surface area contributed by atoms with E-state index in [0.29, 0.717) is 18.4 Å². The minimum atomic E-state index is -2.22. The number of rotatable bonds is 4. The van der Waals surface area contributed by atoms with Crippen LogP contribution in [0.4, 0.5) is 8.78 Å². The number of allylic oxidation sites excluding steroid dienone is 1. The van der Waals surface area contributed by atoms with Gasteiger partial charge in [-0.15, -0.1) is 6.42 Å². The molecular weight excluding hydrogens is 134 g/mol. The first-order valence-corrected chi connectivity index (χ1v) is 3.09. The molecule has 0 N–H and O–H groups in total. The molecule has 0 bridgehead atoms. The third-order valence-corrected chi connectivity index (χ3v) is 1.11. The van der Waals surface area contributed by atoms with Gasteiger partial charge in [-0.25, -0.2) is 8.78 Å². The lowest BCUT2D eigenvalue weighted by Gasteiger charge is -1.96. The standard InChI is InChI=1S/C8H10F2/c1-3-7(2)5-4-6-8(9)10/h1,8H,2,4-6H2. The predicted octanol–water partition coefficient (Wildman–Crippen LogP) is 2.61. The highest BCUT2D eigenvalue weighted by molar-refractivity contribution is 5.20. The van der Waals surface area contributed by atoms with Crippen molar-refractivity contribution < 1.29 is 8.78 Å². The Labute approximate surface area is 59.9 Å². The quantitative estimate of drug-likeness (QED) is 0.532. The minimum absolute atomic E-state index is 0.0826. The highest BCUT2D eigenvalue weighted by Crippen LogP contribution is 2.08. The van der Waals surface area contributed by atoms with Crippen molar-refractivity contribution in [3.8, 4) is 12.3 Å². The first-order valence-electron chi connectivity index (χ1n) is 3.09. The van der Waals surface area contributed by atoms with Gasteiger partial charge in [0.2, 0.25) is 6.43 Å². The van der Waals surface area contributed by atoms with E-state index in [1.54, 1.807) is 0 Å². The third kappa shape index (κ3) is 5.30. The van der Waals surface area contributed by atoms with Crippen LogP contribution in [-0.4, -0.2) is 6.43 Å². The fraction of sp³-hybridized carbons (Fsp3) is 0.500. The highest BCUT2D eigenvalue weighted by Gasteiger charge is 2.00. The molecule has 0 radical (unpaired) electrons. The van der Waals surface area contributed by atoms with E-state index in [0.717, 1.165) is 0 Å². The second kappa shape index (κ2) is 4.99. The Morgan fingerprint density at radius 3 is 2.60 bits per heavy atom. The molecule has 0 aromatic rings. The van der Waals surface area contributed by atoms with Crippen molar-refractivity contribution in [2.24, 2.45) is 0 Å². The minimum Gasteiger partial charge on any atom is -0.211 e. The molecule has 0 amide bonds. The summed E-state index contributed by atoms with van der Waals surface area (Å²) in [5.41, 5.74) is 0.598. The molecule has 0 nitrogen and oxygen atoms in total. The van der Waals surface area contributed by atoms with Crippen LogP contribution in [0.25, 0.3) is 0 Å². The maximum absolute atomic E-state index is 11.5. The second-order valence-electron chi connectivity index (χ2n) is 2.03. The Morgan fingerprint density at radius 2 is 2.20 bits per heavy atom. The van der Waals surface area contributed by atoms with E-state index in [4.69, 9.17) is 6.42 Å². The lowest BCUT2D eigenvalue weighted by atomic mass is 10.1. The molecule has 0 aliphatic rings. The Hall–Kier alpha value is -0.840. The SMILES string of the molecule is C#CC(=C)CCCC(F)F. The molecule has 0 saturated heterocycles. The highest BCUT2D eigenvalue weighted by atomic mass is 19.3. The van der Waals surface area contributed by atoms with Crippen LogP contribution in [0, 0.1) is 12.3 Å². The topological polar surface area (TPSA) is 0 Å². The van der Waals surface area contributed by atoms with Gasteiger partial charge < -0.3 is 0 Å². The van der Waals surface area contributed by atoms with Crippen LogP contribution >= 0.6 is 0 Å². The number of hydrogen-bond donors (Lipinski definition) is 0. The summed E-state index contributed by atoms with van der Waals surface area (Å²) < 4.78 is 23.0. The van der Waals surface area contributed by atoms with Crippen molar-refractivity contribution in [1.82, 2.24) is 0 Å². The second-order valence-corrected chi connectivity index (χ2v) is 2.03. The van der Waals surface area contributed by atoms with Crippen molar-refractivity contribution in [3.05, 3.63) is 12.2 Å². The van der Waals surface area contributed by atoms with Gasteiger partial charge in [0.15, 0.2) is 0 Å². The van der Waals surface area contributed by atoms with E-state index in [2.05, 4.69) is 12.5 Å². The van der Waals surface area contributed by atoms with E-state index in [-0.39, 0.29) is 6.42 Å². The summed E-state index contributed by atoms with van der Waals surface area (Å²) in [5.74, 6) is 2.30. The molecule has 10 heavy (non-hydrogen) atoms. The van der Waals surface area contributed by atoms with Crippen molar-refractivity contribution in [2.75, 3.05) is 0 Å². The van der Waals surface area contributed by atoms with Gasteiger partial charge in [0.05, 0.1) is 0 Å². The molecule has 0 unspecified atom stereocenters. The van der Waals surface area contributed by atoms with E-state index in [9.17, 15) is 8.78 Å². The molecular formula is C8H10F2. The van der Waals surface area contributed by atoms with Gasteiger partial charge in [-0.3, -0.25) is 0 Å². The van der Waals surface area contributed by atoms with Crippen LogP contribution in [0.1, 0.15) is 19.3 Å². The van der Waals surface area contributed by atoms with Gasteiger partial charge in [0.1, 0.15) is 0 Å². The van der Waals surface area contributed by atoms with Crippen LogP contribution in [0.5, 0.6) is 0 Å². The average Bonchev–Trinajstić information content (AvgIpc) is 1.87. The van der Waals surface area contributed by atoms with Gasteiger partial charge >= 0.3 is 0 Å². The number of halogens is 2. The summed E-state index contributed by atoms with van der Waals surface area (Å²) in [6.07, 6.45) is 3.60. The smallest absolute Gasteiger partial charge is 0.211 e. The van der Waals surface area contributed by atoms with Crippen LogP contribution in [0.15, 0.2) is 12.2 Å². The van der Waals surface area contributed by atoms with E-state index < -0.39 is 6.43 Å². The molecule has 2 heteroatoms. The first kappa shape index (κ1) is 9.16. The fourth-order valence-corrected chi connectivity index (χ4v) is 0.542. The van der Waals surface area contributed by atoms with E-state index >= 15 is 0 Å². The molecule has 56 valence electrons. The maximum Gasteiger partial charge on any atom is 0.238 e. The molecule has 0 aromatic carbocycles. The number of terminal acetylenes is 1. The van der Waals surface area contributed by atoms with E-state index in [1.807, 2.05) is 0 Å². The zero-order valence-corrected chi connectivity index (χ0v) is 5.74. The Balaban J connectivity index is 3.22. The van der Waals surface area contributed by atoms with Gasteiger partial charge in [-0.05, 0) is 18.4 Å². The molecule has 0 fully saturated rings. The van der Waals surface area contributed by atoms with E-state index in [1.165, 1.54) is 0 Å². The molecule has 0 aliphatic carbocycles. The summed E-state index contributed by atoms with van der Waals surface area (Å²) in [4.78, 5) is 0. The Morgan fingerprint density at radius 1 is 1.60 bits per heavy atom. The number of hydrogen-bond acceptors (Lipinski definition) is 0. The summed E-state index contributed by atoms with van der Waals surface area (Å²) in [6, 6.07) is 0. The van der Waals surface area contributed by atoms with Gasteiger partial charge in [0, 0.05) is 6.42 Å². The fourth-order valence-electron chi connectivity index (χ4n) is 0.542. The van der Waals surface area contributed by atoms with Crippen LogP contribution in [0.3, 0.4) is 0 Å². The van der Waals surface area contributed by atoms with Crippen LogP contribution in [0.2, 0.25) is 0 Å². The molecule has 0 atom stereocenters. The first-order chi connectivity index (χ1) is 4.66. The molecule has 0 heterocycles. The summed E-state index contributed by atoms with van der Waals surface area (Å²) in [5, 5.41) is 0. The zero-order valence-electron chi connectivity index (χ0n) is 5.74. The molecule has 0 aromatic heterocycles. The third-order valence-electron chi connectivity index (χ3n) is 1.11. The normalized spacial score (nSPS) is 9.40. The van der Waals surface area contributed by atoms with Crippen molar-refractivity contribution >= 4 is 0 Å². The summed E-state index contributed by atoms with van der Waals surface area (Å²) in [7, 11) is 0. The zero-order chi connectivity index (χ0) is 7.98. The Bertz CT molecular complexity index is 142. The molecule has 0 aliphatic heterocycles. The van der Waals surface area contributed by atoms with Crippen molar-refractivity contribution in [3.63, 3.8) is 0 Å². The molecule has 0 spiro atoms. The Kier molecular flexibility index (Phi) is 4.57. The molecule has 0 rings (SSSR count). The van der Waals surface area contributed by atoms with Crippen molar-refractivity contribution in [2.45, 2.75) is 25.7 Å². The lowest BCUT2D eigenvalue weighted by molar-refractivity contribution is 0.135. The lowest BCUT2D eigenvalue weighted by Crippen LogP contribution is -1.89. The summed E-state index contributed by atoms with van der Waals surface area (Å²) >= 11 is 0. The predicted molar refractivity (Wildman–Crippen MR) is 37.8 cm³/mol. The monoisotopic (exact) mass is 144 g/mol. The van der Waals surface area contributed by atoms with Crippen molar-refractivity contribution in [1.29, 1.82) is 0 Å². The maximum atomic E-state index is 11.5. The summed E-state index contributed by atoms with van der Waals surface area (Å²) in [6.45, 7) is 3.49. The number of alkyl halides is 2. The van der Waals surface area contributed by atoms with Gasteiger partial charge in [-0.2, -0.15) is 0 Å². The average molecular weight is 144 g/mol. The van der Waals surface area contributed by atoms with Crippen LogP contribution in [-0.2, 0) is 0 Å². The largest absolute Gasteiger partial charge is 0.238 e. The molecule has 0 saturated carbocycles. The van der Waals surface area contributed by atoms with Gasteiger partial charge in [-0.1, -0.05) is 12.5 Å².